The lowest BCUT2D eigenvalue weighted by Crippen LogP contribution is -2.03. The molecule has 232 valence electrons. The van der Waals surface area contributed by atoms with Crippen LogP contribution in [0, 0.1) is 5.21 Å². The van der Waals surface area contributed by atoms with Crippen LogP contribution in [0.3, 0.4) is 0 Å². The third-order valence-electron chi connectivity index (χ3n) is 7.31. The van der Waals surface area contributed by atoms with E-state index in [9.17, 15) is 13.6 Å². The molecule has 0 unspecified atom stereocenters. The van der Waals surface area contributed by atoms with E-state index in [-0.39, 0.29) is 12.2 Å². The van der Waals surface area contributed by atoms with Crippen LogP contribution in [-0.2, 0) is 35.5 Å². The molecule has 0 atom stereocenters. The van der Waals surface area contributed by atoms with Crippen LogP contribution in [0.4, 0.5) is 0 Å². The molecule has 0 aliphatic rings. The van der Waals surface area contributed by atoms with Crippen molar-refractivity contribution in [1.82, 2.24) is 35.5 Å². The fraction of sp³-hybridized carbons (Fsp3) is 0.118. The van der Waals surface area contributed by atoms with Crippen LogP contribution in [0.15, 0.2) is 122 Å². The molecule has 12 heteroatoms. The Bertz CT molecular complexity index is 2040. The van der Waals surface area contributed by atoms with Crippen molar-refractivity contribution in [1.29, 1.82) is 0 Å². The van der Waals surface area contributed by atoms with Crippen molar-refractivity contribution in [2.75, 3.05) is 0 Å². The van der Waals surface area contributed by atoms with E-state index in [0.29, 0.717) is 18.8 Å². The molecule has 46 heavy (non-hydrogen) atoms. The lowest BCUT2D eigenvalue weighted by Gasteiger charge is -2.19. The fourth-order valence-electron chi connectivity index (χ4n) is 5.29. The van der Waals surface area contributed by atoms with E-state index in [1.807, 2.05) is 54.0 Å². The molecule has 6 aromatic rings. The highest BCUT2D eigenvalue weighted by molar-refractivity contribution is 7.85. The number of benzene rings is 4. The minimum absolute atomic E-state index is 0.117. The van der Waals surface area contributed by atoms with E-state index in [1.165, 1.54) is 6.20 Å². The van der Waals surface area contributed by atoms with Gasteiger partial charge < -0.3 is 10.7 Å². The Balaban J connectivity index is 1.37. The summed E-state index contributed by atoms with van der Waals surface area (Å²) >= 11 is 0. The van der Waals surface area contributed by atoms with Gasteiger partial charge in [0.2, 0.25) is 0 Å². The Labute approximate surface area is 266 Å². The van der Waals surface area contributed by atoms with E-state index in [2.05, 4.69) is 81.3 Å². The SMILES string of the molecule is O=S(=O)(O)Cc1cn(Cc2ccc(/C(=C(\c3ccccc3)c3ccc(Cn4cc(CN[O-])nn4)cc3)c3ccccc3)cc2)nn1. The van der Waals surface area contributed by atoms with Gasteiger partial charge in [0.15, 0.2) is 0 Å². The van der Waals surface area contributed by atoms with E-state index in [0.717, 1.165) is 44.5 Å². The summed E-state index contributed by atoms with van der Waals surface area (Å²) in [7, 11) is -4.19. The molecule has 0 spiro atoms. The topological polar surface area (TPSA) is 151 Å². The standard InChI is InChI=1S/C34H30N7O4S/c42-35-19-31-22-40(38-36-31)20-25-11-15-29(16-12-25)33(27-7-3-1-4-8-27)34(28-9-5-2-6-10-28)30-17-13-26(14-18-30)21-41-23-32(37-39-41)24-46(43,44)45/h1-18,22-23,35H,19-21,24H2,(H,43,44,45)/q-1/b34-33+. The van der Waals surface area contributed by atoms with Crippen LogP contribution in [0.1, 0.15) is 44.8 Å². The first-order chi connectivity index (χ1) is 22.3. The van der Waals surface area contributed by atoms with Crippen LogP contribution in [0.2, 0.25) is 0 Å². The minimum atomic E-state index is -4.19. The Kier molecular flexibility index (Phi) is 9.22. The van der Waals surface area contributed by atoms with Crippen molar-refractivity contribution in [3.63, 3.8) is 0 Å². The second-order valence-corrected chi connectivity index (χ2v) is 12.2. The van der Waals surface area contributed by atoms with Crippen LogP contribution in [0.5, 0.6) is 0 Å². The highest BCUT2D eigenvalue weighted by Crippen LogP contribution is 2.37. The number of hydroxylamine groups is 1. The molecule has 2 aromatic heterocycles. The van der Waals surface area contributed by atoms with Crippen LogP contribution in [0.25, 0.3) is 11.1 Å². The summed E-state index contributed by atoms with van der Waals surface area (Å²) in [5.74, 6) is -0.581. The maximum Gasteiger partial charge on any atom is 0.270 e. The highest BCUT2D eigenvalue weighted by Gasteiger charge is 2.17. The second-order valence-electron chi connectivity index (χ2n) is 10.7. The Hall–Kier alpha value is -5.27. The highest BCUT2D eigenvalue weighted by atomic mass is 32.2. The van der Waals surface area contributed by atoms with Crippen LogP contribution >= 0.6 is 0 Å². The third-order valence-corrected chi connectivity index (χ3v) is 7.97. The van der Waals surface area contributed by atoms with E-state index < -0.39 is 15.9 Å². The van der Waals surface area contributed by atoms with E-state index in [1.54, 1.807) is 15.6 Å². The smallest absolute Gasteiger partial charge is 0.270 e. The van der Waals surface area contributed by atoms with Gasteiger partial charge >= 0.3 is 0 Å². The van der Waals surface area contributed by atoms with Crippen molar-refractivity contribution in [3.05, 3.63) is 172 Å². The molecule has 0 saturated carbocycles. The van der Waals surface area contributed by atoms with Gasteiger partial charge in [0.1, 0.15) is 11.4 Å². The number of hydrogen-bond donors (Lipinski definition) is 2. The van der Waals surface area contributed by atoms with Crippen molar-refractivity contribution in [2.45, 2.75) is 25.4 Å². The summed E-state index contributed by atoms with van der Waals surface area (Å²) in [5, 5.41) is 26.7. The van der Waals surface area contributed by atoms with Gasteiger partial charge in [0.25, 0.3) is 10.1 Å². The molecular weight excluding hydrogens is 602 g/mol. The molecule has 0 bridgehead atoms. The van der Waals surface area contributed by atoms with Gasteiger partial charge in [-0.25, -0.2) is 9.36 Å². The molecule has 0 amide bonds. The van der Waals surface area contributed by atoms with Gasteiger partial charge in [0.05, 0.1) is 25.0 Å². The molecule has 4 aromatic carbocycles. The number of rotatable bonds is 12. The quantitative estimate of drug-likeness (QED) is 0.109. The molecule has 0 aliphatic heterocycles. The molecule has 6 rings (SSSR count). The molecule has 0 aliphatic carbocycles. The zero-order chi connectivity index (χ0) is 31.9. The lowest BCUT2D eigenvalue weighted by molar-refractivity contribution is 0.481. The summed E-state index contributed by atoms with van der Waals surface area (Å²) in [5.41, 5.74) is 10.9. The van der Waals surface area contributed by atoms with Crippen molar-refractivity contribution < 1.29 is 13.0 Å². The van der Waals surface area contributed by atoms with Crippen molar-refractivity contribution >= 4 is 21.3 Å². The molecule has 0 saturated heterocycles. The van der Waals surface area contributed by atoms with Crippen LogP contribution in [-0.4, -0.2) is 43.0 Å². The molecule has 2 N–H and O–H groups in total. The zero-order valence-electron chi connectivity index (χ0n) is 24.6. The largest absolute Gasteiger partial charge is 0.787 e. The average molecular weight is 633 g/mol. The fourth-order valence-corrected chi connectivity index (χ4v) is 5.79. The van der Waals surface area contributed by atoms with E-state index in [4.69, 9.17) is 4.55 Å². The number of hydrogen-bond acceptors (Lipinski definition) is 8. The number of nitrogens with zero attached hydrogens (tertiary/aromatic N) is 6. The zero-order valence-corrected chi connectivity index (χ0v) is 25.5. The van der Waals surface area contributed by atoms with Crippen LogP contribution < -0.4 is 5.48 Å². The summed E-state index contributed by atoms with van der Waals surface area (Å²) < 4.78 is 34.8. The monoisotopic (exact) mass is 632 g/mol. The molecule has 11 nitrogen and oxygen atoms in total. The van der Waals surface area contributed by atoms with Gasteiger partial charge in [-0.15, -0.1) is 10.2 Å². The maximum atomic E-state index is 11.2. The van der Waals surface area contributed by atoms with Crippen molar-refractivity contribution in [2.24, 2.45) is 0 Å². The van der Waals surface area contributed by atoms with Gasteiger partial charge in [-0.05, 0) is 44.5 Å². The Morgan fingerprint density at radius 1 is 0.630 bits per heavy atom. The molecule has 2 heterocycles. The minimum Gasteiger partial charge on any atom is -0.787 e. The maximum absolute atomic E-state index is 11.2. The molecule has 0 fully saturated rings. The molecular formula is C34H30N7O4S-. The summed E-state index contributed by atoms with van der Waals surface area (Å²) in [6, 6.07) is 37.1. The predicted molar refractivity (Wildman–Crippen MR) is 174 cm³/mol. The Morgan fingerprint density at radius 2 is 1.04 bits per heavy atom. The lowest BCUT2D eigenvalue weighted by atomic mass is 9.85. The first kappa shape index (κ1) is 30.7. The van der Waals surface area contributed by atoms with Gasteiger partial charge in [-0.2, -0.15) is 8.42 Å². The van der Waals surface area contributed by atoms with E-state index >= 15 is 0 Å². The number of aromatic nitrogens is 6. The van der Waals surface area contributed by atoms with Gasteiger partial charge in [0, 0.05) is 12.7 Å². The van der Waals surface area contributed by atoms with Crippen molar-refractivity contribution in [3.8, 4) is 0 Å². The third kappa shape index (κ3) is 7.68. The van der Waals surface area contributed by atoms with Gasteiger partial charge in [-0.3, -0.25) is 4.55 Å². The first-order valence-electron chi connectivity index (χ1n) is 14.5. The summed E-state index contributed by atoms with van der Waals surface area (Å²) in [6.07, 6.45) is 3.27. The normalized spacial score (nSPS) is 12.2. The summed E-state index contributed by atoms with van der Waals surface area (Å²) in [6.45, 7) is 1.02. The average Bonchev–Trinajstić information content (AvgIpc) is 3.69. The Morgan fingerprint density at radius 3 is 1.48 bits per heavy atom. The summed E-state index contributed by atoms with van der Waals surface area (Å²) in [4.78, 5) is 0. The first-order valence-corrected chi connectivity index (χ1v) is 16.1. The predicted octanol–water partition coefficient (Wildman–Crippen LogP) is 4.95. The van der Waals surface area contributed by atoms with Gasteiger partial charge in [-0.1, -0.05) is 120 Å². The second kappa shape index (κ2) is 13.8. The number of nitrogens with one attached hydrogen (secondary N) is 1. The molecule has 0 radical (unpaired) electrons.